The zero-order chi connectivity index (χ0) is 69.5. The Morgan fingerprint density at radius 3 is 0.602 bits per heavy atom. The van der Waals surface area contributed by atoms with Crippen molar-refractivity contribution in [2.75, 3.05) is 26.4 Å². The van der Waals surface area contributed by atoms with Crippen LogP contribution in [0.5, 0.6) is 34.5 Å². The SMILES string of the molecule is CCCCCCCCCCCCCCCCOc1ccc(C(=O)Oc2ccc(-c3ccc(OC(=O)c4ccc(OCCCCCCCCCCCCCCCC)c(OCCCCCCCCCCCCCCCC)c4)cc3)cc2)cc1OCCCCCCCCCCCCCCCC. The Kier molecular flexibility index (Phi) is 53.9. The Labute approximate surface area is 602 Å². The van der Waals surface area contributed by atoms with Gasteiger partial charge in [0.05, 0.1) is 37.6 Å². The van der Waals surface area contributed by atoms with Crippen molar-refractivity contribution in [3.8, 4) is 45.6 Å². The molecule has 0 atom stereocenters. The lowest BCUT2D eigenvalue weighted by molar-refractivity contribution is 0.0724. The number of hydrogen-bond donors (Lipinski definition) is 0. The molecule has 554 valence electrons. The maximum absolute atomic E-state index is 13.7. The van der Waals surface area contributed by atoms with Crippen LogP contribution in [0.25, 0.3) is 11.1 Å². The smallest absolute Gasteiger partial charge is 0.343 e. The van der Waals surface area contributed by atoms with Crippen LogP contribution in [0.2, 0.25) is 0 Å². The summed E-state index contributed by atoms with van der Waals surface area (Å²) in [6.07, 6.45) is 73.4. The second kappa shape index (κ2) is 61.9. The lowest BCUT2D eigenvalue weighted by Crippen LogP contribution is -2.10. The minimum Gasteiger partial charge on any atom is -0.490 e. The lowest BCUT2D eigenvalue weighted by atomic mass is 10.0. The molecule has 0 fully saturated rings. The summed E-state index contributed by atoms with van der Waals surface area (Å²) in [4.78, 5) is 27.5. The minimum atomic E-state index is -0.449. The van der Waals surface area contributed by atoms with Gasteiger partial charge in [-0.25, -0.2) is 9.59 Å². The molecule has 8 nitrogen and oxygen atoms in total. The van der Waals surface area contributed by atoms with Gasteiger partial charge < -0.3 is 28.4 Å². The van der Waals surface area contributed by atoms with Gasteiger partial charge in [0.2, 0.25) is 0 Å². The minimum absolute atomic E-state index is 0.419. The van der Waals surface area contributed by atoms with Crippen LogP contribution in [0, 0.1) is 0 Å². The first-order valence-electron chi connectivity index (χ1n) is 41.9. The number of esters is 2. The van der Waals surface area contributed by atoms with Gasteiger partial charge in [-0.1, -0.05) is 386 Å². The molecule has 0 saturated heterocycles. The first-order valence-corrected chi connectivity index (χ1v) is 41.9. The fourth-order valence-corrected chi connectivity index (χ4v) is 13.4. The summed E-state index contributed by atoms with van der Waals surface area (Å²) in [5.41, 5.74) is 2.71. The van der Waals surface area contributed by atoms with Crippen molar-refractivity contribution in [2.45, 2.75) is 387 Å². The highest BCUT2D eigenvalue weighted by molar-refractivity contribution is 5.92. The number of carbonyl (C=O) groups is 2. The van der Waals surface area contributed by atoms with E-state index in [4.69, 9.17) is 28.4 Å². The number of ether oxygens (including phenoxy) is 6. The second-order valence-corrected chi connectivity index (χ2v) is 28.9. The fraction of sp³-hybridized carbons (Fsp3) is 0.711. The number of rotatable bonds is 69. The highest BCUT2D eigenvalue weighted by Gasteiger charge is 2.17. The van der Waals surface area contributed by atoms with Crippen molar-refractivity contribution in [3.05, 3.63) is 96.1 Å². The average molecular weight is 1360 g/mol. The molecule has 0 aliphatic rings. The molecule has 0 aliphatic carbocycles. The van der Waals surface area contributed by atoms with Gasteiger partial charge in [-0.3, -0.25) is 0 Å². The molecule has 0 radical (unpaired) electrons. The van der Waals surface area contributed by atoms with Crippen molar-refractivity contribution < 1.29 is 38.0 Å². The van der Waals surface area contributed by atoms with E-state index < -0.39 is 11.9 Å². The monoisotopic (exact) mass is 1360 g/mol. The molecular formula is C90H146O8. The quantitative estimate of drug-likeness (QED) is 0.0245. The average Bonchev–Trinajstić information content (AvgIpc) is 0.914. The summed E-state index contributed by atoms with van der Waals surface area (Å²) in [5, 5.41) is 0. The maximum Gasteiger partial charge on any atom is 0.343 e. The second-order valence-electron chi connectivity index (χ2n) is 28.9. The van der Waals surface area contributed by atoms with E-state index in [9.17, 15) is 9.59 Å². The Hall–Kier alpha value is -4.98. The normalized spacial score (nSPS) is 11.3. The van der Waals surface area contributed by atoms with Crippen LogP contribution in [-0.4, -0.2) is 38.4 Å². The van der Waals surface area contributed by atoms with Gasteiger partial charge in [-0.05, 0) is 97.5 Å². The third-order valence-corrected chi connectivity index (χ3v) is 19.8. The summed E-state index contributed by atoms with van der Waals surface area (Å²) in [6.45, 7) is 11.6. The number of carbonyl (C=O) groups excluding carboxylic acids is 2. The number of hydrogen-bond acceptors (Lipinski definition) is 8. The van der Waals surface area contributed by atoms with Crippen molar-refractivity contribution in [1.82, 2.24) is 0 Å². The van der Waals surface area contributed by atoms with Crippen molar-refractivity contribution >= 4 is 11.9 Å². The van der Waals surface area contributed by atoms with E-state index in [2.05, 4.69) is 27.7 Å². The van der Waals surface area contributed by atoms with E-state index in [1.807, 2.05) is 60.7 Å². The maximum atomic E-state index is 13.7. The molecule has 0 aliphatic heterocycles. The van der Waals surface area contributed by atoms with Crippen LogP contribution in [0.15, 0.2) is 84.9 Å². The molecule has 0 aromatic heterocycles. The van der Waals surface area contributed by atoms with Gasteiger partial charge in [-0.2, -0.15) is 0 Å². The van der Waals surface area contributed by atoms with Crippen LogP contribution in [-0.2, 0) is 0 Å². The molecule has 4 rings (SSSR count). The summed E-state index contributed by atoms with van der Waals surface area (Å²) < 4.78 is 37.4. The van der Waals surface area contributed by atoms with Gasteiger partial charge in [0.25, 0.3) is 0 Å². The lowest BCUT2D eigenvalue weighted by Gasteiger charge is -2.15. The first-order chi connectivity index (χ1) is 48.4. The Morgan fingerprint density at radius 1 is 0.214 bits per heavy atom. The zero-order valence-electron chi connectivity index (χ0n) is 63.8. The van der Waals surface area contributed by atoms with Crippen LogP contribution < -0.4 is 28.4 Å². The van der Waals surface area contributed by atoms with E-state index in [1.54, 1.807) is 24.3 Å². The summed E-state index contributed by atoms with van der Waals surface area (Å²) in [5.74, 6) is 2.55. The van der Waals surface area contributed by atoms with Gasteiger partial charge in [-0.15, -0.1) is 0 Å². The summed E-state index contributed by atoms with van der Waals surface area (Å²) in [7, 11) is 0. The molecule has 0 heterocycles. The van der Waals surface area contributed by atoms with Gasteiger partial charge >= 0.3 is 11.9 Å². The first kappa shape index (κ1) is 85.4. The molecule has 98 heavy (non-hydrogen) atoms. The van der Waals surface area contributed by atoms with E-state index >= 15 is 0 Å². The molecule has 0 N–H and O–H groups in total. The van der Waals surface area contributed by atoms with Gasteiger partial charge in [0.15, 0.2) is 23.0 Å². The predicted molar refractivity (Wildman–Crippen MR) is 418 cm³/mol. The highest BCUT2D eigenvalue weighted by atomic mass is 16.5. The summed E-state index contributed by atoms with van der Waals surface area (Å²) in [6, 6.07) is 25.9. The Morgan fingerprint density at radius 2 is 0.398 bits per heavy atom. The van der Waals surface area contributed by atoms with Crippen LogP contribution in [0.1, 0.15) is 408 Å². The largest absolute Gasteiger partial charge is 0.490 e. The molecule has 8 heteroatoms. The molecule has 0 bridgehead atoms. The highest BCUT2D eigenvalue weighted by Crippen LogP contribution is 2.33. The third kappa shape index (κ3) is 44.3. The van der Waals surface area contributed by atoms with Crippen LogP contribution in [0.3, 0.4) is 0 Å². The fourth-order valence-electron chi connectivity index (χ4n) is 13.4. The van der Waals surface area contributed by atoms with E-state index in [-0.39, 0.29) is 0 Å². The molecular weight excluding hydrogens is 1210 g/mol. The molecule has 4 aromatic rings. The van der Waals surface area contributed by atoms with Crippen molar-refractivity contribution in [1.29, 1.82) is 0 Å². The van der Waals surface area contributed by atoms with Crippen molar-refractivity contribution in [2.24, 2.45) is 0 Å². The van der Waals surface area contributed by atoms with Gasteiger partial charge in [0, 0.05) is 0 Å². The Balaban J connectivity index is 1.26. The Bertz CT molecular complexity index is 2300. The number of unbranched alkanes of at least 4 members (excludes halogenated alkanes) is 52. The van der Waals surface area contributed by atoms with E-state index in [0.29, 0.717) is 72.1 Å². The summed E-state index contributed by atoms with van der Waals surface area (Å²) >= 11 is 0. The van der Waals surface area contributed by atoms with Crippen molar-refractivity contribution in [3.63, 3.8) is 0 Å². The van der Waals surface area contributed by atoms with E-state index in [1.165, 1.54) is 308 Å². The van der Waals surface area contributed by atoms with Crippen LogP contribution in [0.4, 0.5) is 0 Å². The predicted octanol–water partition coefficient (Wildman–Crippen LogP) is 29.2. The molecule has 0 amide bonds. The molecule has 0 unspecified atom stereocenters. The standard InChI is InChI=1S/C90H146O8/c1-5-9-13-17-21-25-29-33-37-41-45-49-53-57-73-93-85-71-65-81(77-87(85)95-75-59-55-51-47-43-39-35-31-27-23-19-15-11-7-3)89(91)97-83-67-61-79(62-68-83)80-63-69-84(70-64-80)98-90(92)82-66-72-86(94-74-58-54-50-46-42-38-34-30-26-22-18-14-10-6-2)88(78-82)96-76-60-56-52-48-44-40-36-32-28-24-20-16-12-8-4/h61-72,77-78H,5-60,73-76H2,1-4H3. The topological polar surface area (TPSA) is 89.5 Å². The molecule has 0 saturated carbocycles. The zero-order valence-corrected chi connectivity index (χ0v) is 63.8. The molecule has 4 aromatic carbocycles. The van der Waals surface area contributed by atoms with Crippen LogP contribution >= 0.6 is 0 Å². The van der Waals surface area contributed by atoms with E-state index in [0.717, 1.165) is 62.5 Å². The number of benzene rings is 4. The molecule has 0 spiro atoms. The third-order valence-electron chi connectivity index (χ3n) is 19.8. The van der Waals surface area contributed by atoms with Gasteiger partial charge in [0.1, 0.15) is 11.5 Å².